The molecule has 0 radical (unpaired) electrons. The van der Waals surface area contributed by atoms with Crippen LogP contribution in [0.1, 0.15) is 30.4 Å². The Morgan fingerprint density at radius 2 is 1.55 bits per heavy atom. The smallest absolute Gasteiger partial charge is 0.243 e. The zero-order chi connectivity index (χ0) is 21.2. The van der Waals surface area contributed by atoms with Gasteiger partial charge in [0, 0.05) is 38.6 Å². The molecule has 0 aromatic heterocycles. The summed E-state index contributed by atoms with van der Waals surface area (Å²) in [5, 5.41) is 0. The minimum absolute atomic E-state index is 0.000888. The van der Waals surface area contributed by atoms with Gasteiger partial charge >= 0.3 is 0 Å². The fourth-order valence-corrected chi connectivity index (χ4v) is 5.69. The Kier molecular flexibility index (Phi) is 6.36. The normalized spacial score (nSPS) is 15.7. The van der Waals surface area contributed by atoms with E-state index in [-0.39, 0.29) is 16.3 Å². The average Bonchev–Trinajstić information content (AvgIpc) is 2.68. The Morgan fingerprint density at radius 3 is 2.14 bits per heavy atom. The van der Waals surface area contributed by atoms with Gasteiger partial charge in [-0.2, -0.15) is 4.31 Å². The van der Waals surface area contributed by atoms with Crippen molar-refractivity contribution < 1.29 is 16.8 Å². The summed E-state index contributed by atoms with van der Waals surface area (Å²) in [5.41, 5.74) is 2.56. The van der Waals surface area contributed by atoms with Gasteiger partial charge < -0.3 is 4.90 Å². The van der Waals surface area contributed by atoms with E-state index in [2.05, 4.69) is 4.90 Å². The SMILES string of the molecule is Cc1ccc(S(C)(=O)=O)cc1S(=O)(=O)N(C)Cc1ccc(N2CCCCC2)cc1. The first-order valence-electron chi connectivity index (χ1n) is 9.70. The van der Waals surface area contributed by atoms with Gasteiger partial charge in [-0.25, -0.2) is 16.8 Å². The van der Waals surface area contributed by atoms with Gasteiger partial charge in [-0.15, -0.1) is 0 Å². The van der Waals surface area contributed by atoms with Crippen molar-refractivity contribution in [2.24, 2.45) is 0 Å². The maximum absolute atomic E-state index is 13.1. The molecule has 0 spiro atoms. The third-order valence-electron chi connectivity index (χ3n) is 5.34. The molecule has 0 amide bonds. The summed E-state index contributed by atoms with van der Waals surface area (Å²) in [6.45, 7) is 4.00. The van der Waals surface area contributed by atoms with Crippen LogP contribution in [0.25, 0.3) is 0 Å². The van der Waals surface area contributed by atoms with Gasteiger partial charge in [0.05, 0.1) is 9.79 Å². The van der Waals surface area contributed by atoms with E-state index in [1.165, 1.54) is 48.8 Å². The van der Waals surface area contributed by atoms with Crippen LogP contribution < -0.4 is 4.90 Å². The first-order valence-corrected chi connectivity index (χ1v) is 13.0. The molecule has 2 aromatic rings. The van der Waals surface area contributed by atoms with E-state index in [4.69, 9.17) is 0 Å². The Morgan fingerprint density at radius 1 is 0.931 bits per heavy atom. The number of sulfone groups is 1. The molecule has 1 heterocycles. The highest BCUT2D eigenvalue weighted by atomic mass is 32.2. The van der Waals surface area contributed by atoms with E-state index < -0.39 is 19.9 Å². The van der Waals surface area contributed by atoms with Gasteiger partial charge in [-0.3, -0.25) is 0 Å². The largest absolute Gasteiger partial charge is 0.372 e. The van der Waals surface area contributed by atoms with E-state index in [0.717, 1.165) is 30.6 Å². The quantitative estimate of drug-likeness (QED) is 0.695. The molecule has 2 aromatic carbocycles. The van der Waals surface area contributed by atoms with Crippen LogP contribution in [0, 0.1) is 6.92 Å². The van der Waals surface area contributed by atoms with Crippen molar-refractivity contribution in [3.8, 4) is 0 Å². The number of rotatable bonds is 6. The molecule has 1 saturated heterocycles. The fraction of sp³-hybridized carbons (Fsp3) is 0.429. The second-order valence-corrected chi connectivity index (χ2v) is 11.7. The van der Waals surface area contributed by atoms with Crippen LogP contribution in [-0.2, 0) is 26.4 Å². The average molecular weight is 437 g/mol. The Bertz CT molecular complexity index is 1070. The van der Waals surface area contributed by atoms with E-state index >= 15 is 0 Å². The van der Waals surface area contributed by atoms with Crippen LogP contribution in [0.15, 0.2) is 52.3 Å². The summed E-state index contributed by atoms with van der Waals surface area (Å²) in [6, 6.07) is 12.2. The van der Waals surface area contributed by atoms with Gasteiger partial charge in [-0.1, -0.05) is 18.2 Å². The molecule has 1 aliphatic heterocycles. The molecule has 1 fully saturated rings. The predicted molar refractivity (Wildman–Crippen MR) is 115 cm³/mol. The highest BCUT2D eigenvalue weighted by Crippen LogP contribution is 2.25. The van der Waals surface area contributed by atoms with Crippen LogP contribution in [-0.4, -0.2) is 47.5 Å². The molecule has 158 valence electrons. The maximum Gasteiger partial charge on any atom is 0.243 e. The number of benzene rings is 2. The molecule has 3 rings (SSSR count). The van der Waals surface area contributed by atoms with E-state index in [1.54, 1.807) is 6.92 Å². The zero-order valence-corrected chi connectivity index (χ0v) is 18.8. The van der Waals surface area contributed by atoms with Crippen molar-refractivity contribution in [3.05, 3.63) is 53.6 Å². The minimum Gasteiger partial charge on any atom is -0.372 e. The van der Waals surface area contributed by atoms with Crippen LogP contribution in [0.4, 0.5) is 5.69 Å². The number of anilines is 1. The van der Waals surface area contributed by atoms with Gasteiger partial charge in [0.1, 0.15) is 0 Å². The van der Waals surface area contributed by atoms with E-state index in [9.17, 15) is 16.8 Å². The van der Waals surface area contributed by atoms with Gasteiger partial charge in [-0.05, 0) is 61.6 Å². The number of hydrogen-bond acceptors (Lipinski definition) is 5. The molecule has 0 N–H and O–H groups in total. The lowest BCUT2D eigenvalue weighted by molar-refractivity contribution is 0.466. The number of nitrogens with zero attached hydrogens (tertiary/aromatic N) is 2. The first kappa shape index (κ1) is 21.8. The predicted octanol–water partition coefficient (Wildman–Crippen LogP) is 3.21. The second-order valence-electron chi connectivity index (χ2n) is 7.67. The topological polar surface area (TPSA) is 74.8 Å². The fourth-order valence-electron chi connectivity index (χ4n) is 3.56. The number of piperidine rings is 1. The molecule has 0 bridgehead atoms. The van der Waals surface area contributed by atoms with Crippen LogP contribution >= 0.6 is 0 Å². The lowest BCUT2D eigenvalue weighted by Crippen LogP contribution is -2.29. The highest BCUT2D eigenvalue weighted by molar-refractivity contribution is 7.91. The second kappa shape index (κ2) is 8.45. The molecule has 0 atom stereocenters. The molecule has 8 heteroatoms. The van der Waals surface area contributed by atoms with Crippen molar-refractivity contribution in [1.82, 2.24) is 4.31 Å². The summed E-state index contributed by atoms with van der Waals surface area (Å²) >= 11 is 0. The summed E-state index contributed by atoms with van der Waals surface area (Å²) in [4.78, 5) is 2.38. The lowest BCUT2D eigenvalue weighted by Gasteiger charge is -2.29. The van der Waals surface area contributed by atoms with Crippen molar-refractivity contribution in [2.45, 2.75) is 42.5 Å². The number of aryl methyl sites for hydroxylation is 1. The minimum atomic E-state index is -3.82. The number of sulfonamides is 1. The van der Waals surface area contributed by atoms with Crippen LogP contribution in [0.5, 0.6) is 0 Å². The molecule has 6 nitrogen and oxygen atoms in total. The molecule has 1 aliphatic rings. The van der Waals surface area contributed by atoms with Crippen LogP contribution in [0.3, 0.4) is 0 Å². The third kappa shape index (κ3) is 4.99. The van der Waals surface area contributed by atoms with Crippen molar-refractivity contribution >= 4 is 25.5 Å². The van der Waals surface area contributed by atoms with E-state index in [1.807, 2.05) is 24.3 Å². The highest BCUT2D eigenvalue weighted by Gasteiger charge is 2.25. The van der Waals surface area contributed by atoms with Gasteiger partial charge in [0.25, 0.3) is 0 Å². The Labute approximate surface area is 174 Å². The number of hydrogen-bond donors (Lipinski definition) is 0. The van der Waals surface area contributed by atoms with Gasteiger partial charge in [0.15, 0.2) is 9.84 Å². The maximum atomic E-state index is 13.1. The molecule has 29 heavy (non-hydrogen) atoms. The standard InChI is InChI=1S/C21H28N2O4S2/c1-17-7-12-20(28(3,24)25)15-21(17)29(26,27)22(2)16-18-8-10-19(11-9-18)23-13-5-4-6-14-23/h7-12,15H,4-6,13-14,16H2,1-3H3. The van der Waals surface area contributed by atoms with E-state index in [0.29, 0.717) is 5.56 Å². The molecule has 0 unspecified atom stereocenters. The summed E-state index contributed by atoms with van der Waals surface area (Å²) in [6.07, 6.45) is 4.75. The van der Waals surface area contributed by atoms with Gasteiger partial charge in [0.2, 0.25) is 10.0 Å². The lowest BCUT2D eigenvalue weighted by atomic mass is 10.1. The zero-order valence-electron chi connectivity index (χ0n) is 17.1. The van der Waals surface area contributed by atoms with Crippen molar-refractivity contribution in [2.75, 3.05) is 31.3 Å². The third-order valence-corrected chi connectivity index (χ3v) is 8.39. The molecule has 0 aliphatic carbocycles. The van der Waals surface area contributed by atoms with Crippen LogP contribution in [0.2, 0.25) is 0 Å². The summed E-state index contributed by atoms with van der Waals surface area (Å²) < 4.78 is 51.1. The van der Waals surface area contributed by atoms with Crippen molar-refractivity contribution in [3.63, 3.8) is 0 Å². The molecular weight excluding hydrogens is 408 g/mol. The summed E-state index contributed by atoms with van der Waals surface area (Å²) in [5.74, 6) is 0. The Balaban J connectivity index is 1.80. The summed E-state index contributed by atoms with van der Waals surface area (Å²) in [7, 11) is -5.80. The monoisotopic (exact) mass is 436 g/mol. The van der Waals surface area contributed by atoms with Crippen molar-refractivity contribution in [1.29, 1.82) is 0 Å². The molecular formula is C21H28N2O4S2. The first-order chi connectivity index (χ1) is 13.6. The Hall–Kier alpha value is -1.90. The molecule has 0 saturated carbocycles.